The van der Waals surface area contributed by atoms with Gasteiger partial charge in [-0.3, -0.25) is 0 Å². The first-order valence-electron chi connectivity index (χ1n) is 5.46. The third-order valence-corrected chi connectivity index (χ3v) is 4.20. The van der Waals surface area contributed by atoms with E-state index in [9.17, 15) is 8.42 Å². The minimum atomic E-state index is -3.51. The van der Waals surface area contributed by atoms with Gasteiger partial charge in [-0.1, -0.05) is 0 Å². The minimum absolute atomic E-state index is 0.134. The van der Waals surface area contributed by atoms with E-state index in [2.05, 4.69) is 4.72 Å². The van der Waals surface area contributed by atoms with Gasteiger partial charge in [0.1, 0.15) is 10.6 Å². The van der Waals surface area contributed by atoms with Gasteiger partial charge < -0.3 is 10.5 Å². The molecule has 0 unspecified atom stereocenters. The van der Waals surface area contributed by atoms with Crippen LogP contribution in [0.5, 0.6) is 5.75 Å². The van der Waals surface area contributed by atoms with Gasteiger partial charge >= 0.3 is 0 Å². The van der Waals surface area contributed by atoms with E-state index in [0.29, 0.717) is 18.2 Å². The van der Waals surface area contributed by atoms with Gasteiger partial charge in [0, 0.05) is 18.3 Å². The Morgan fingerprint density at radius 1 is 1.47 bits per heavy atom. The van der Waals surface area contributed by atoms with Crippen LogP contribution in [0.4, 0.5) is 5.69 Å². The second-order valence-corrected chi connectivity index (χ2v) is 5.94. The molecular weight excluding hydrogens is 240 g/mol. The van der Waals surface area contributed by atoms with E-state index in [1.165, 1.54) is 19.2 Å². The Morgan fingerprint density at radius 3 is 2.76 bits per heavy atom. The zero-order valence-electron chi connectivity index (χ0n) is 9.64. The third kappa shape index (κ3) is 2.89. The van der Waals surface area contributed by atoms with Crippen molar-refractivity contribution in [3.63, 3.8) is 0 Å². The average molecular weight is 256 g/mol. The van der Waals surface area contributed by atoms with E-state index < -0.39 is 10.0 Å². The molecule has 0 saturated heterocycles. The molecule has 6 heteroatoms. The maximum Gasteiger partial charge on any atom is 0.244 e. The Morgan fingerprint density at radius 2 is 2.18 bits per heavy atom. The van der Waals surface area contributed by atoms with Crippen molar-refractivity contribution in [2.24, 2.45) is 5.92 Å². The molecule has 2 rings (SSSR count). The summed E-state index contributed by atoms with van der Waals surface area (Å²) in [4.78, 5) is 0.134. The quantitative estimate of drug-likeness (QED) is 0.769. The molecule has 0 amide bonds. The SMILES string of the molecule is COc1cc(N)ccc1S(=O)(=O)NCC1CC1. The fraction of sp³-hybridized carbons (Fsp3) is 0.455. The first-order valence-corrected chi connectivity index (χ1v) is 6.94. The number of hydrogen-bond donors (Lipinski definition) is 2. The molecule has 1 aromatic carbocycles. The number of sulfonamides is 1. The molecule has 1 saturated carbocycles. The molecule has 1 aromatic rings. The lowest BCUT2D eigenvalue weighted by molar-refractivity contribution is 0.402. The van der Waals surface area contributed by atoms with Crippen molar-refractivity contribution >= 4 is 15.7 Å². The van der Waals surface area contributed by atoms with Crippen molar-refractivity contribution in [3.05, 3.63) is 18.2 Å². The lowest BCUT2D eigenvalue weighted by atomic mass is 10.3. The van der Waals surface area contributed by atoms with E-state index in [4.69, 9.17) is 10.5 Å². The van der Waals surface area contributed by atoms with Crippen LogP contribution in [0.15, 0.2) is 23.1 Å². The van der Waals surface area contributed by atoms with Crippen molar-refractivity contribution < 1.29 is 13.2 Å². The Labute approximate surface area is 101 Å². The zero-order chi connectivity index (χ0) is 12.5. The van der Waals surface area contributed by atoms with Crippen molar-refractivity contribution in [2.45, 2.75) is 17.7 Å². The molecule has 17 heavy (non-hydrogen) atoms. The summed E-state index contributed by atoms with van der Waals surface area (Å²) in [5.74, 6) is 0.762. The maximum atomic E-state index is 12.0. The number of benzene rings is 1. The maximum absolute atomic E-state index is 12.0. The lowest BCUT2D eigenvalue weighted by Crippen LogP contribution is -2.26. The number of hydrogen-bond acceptors (Lipinski definition) is 4. The van der Waals surface area contributed by atoms with Crippen molar-refractivity contribution in [1.29, 1.82) is 0 Å². The number of rotatable bonds is 5. The Bertz CT molecular complexity index is 509. The van der Waals surface area contributed by atoms with Gasteiger partial charge in [0.2, 0.25) is 10.0 Å². The van der Waals surface area contributed by atoms with E-state index >= 15 is 0 Å². The van der Waals surface area contributed by atoms with Crippen LogP contribution in [0.3, 0.4) is 0 Å². The minimum Gasteiger partial charge on any atom is -0.495 e. The summed E-state index contributed by atoms with van der Waals surface area (Å²) in [5.41, 5.74) is 6.06. The topological polar surface area (TPSA) is 81.4 Å². The fourth-order valence-corrected chi connectivity index (χ4v) is 2.80. The van der Waals surface area contributed by atoms with Crippen molar-refractivity contribution in [2.75, 3.05) is 19.4 Å². The summed E-state index contributed by atoms with van der Waals surface area (Å²) < 4.78 is 31.7. The molecule has 0 heterocycles. The van der Waals surface area contributed by atoms with Crippen LogP contribution < -0.4 is 15.2 Å². The fourth-order valence-electron chi connectivity index (χ4n) is 1.53. The van der Waals surface area contributed by atoms with Crippen LogP contribution >= 0.6 is 0 Å². The van der Waals surface area contributed by atoms with Crippen LogP contribution in [0.2, 0.25) is 0 Å². The average Bonchev–Trinajstić information content (AvgIpc) is 3.09. The number of nitrogens with one attached hydrogen (secondary N) is 1. The highest BCUT2D eigenvalue weighted by molar-refractivity contribution is 7.89. The molecule has 1 fully saturated rings. The third-order valence-electron chi connectivity index (χ3n) is 2.74. The van der Waals surface area contributed by atoms with Crippen LogP contribution in [-0.2, 0) is 10.0 Å². The van der Waals surface area contributed by atoms with Crippen molar-refractivity contribution in [1.82, 2.24) is 4.72 Å². The zero-order valence-corrected chi connectivity index (χ0v) is 10.5. The summed E-state index contributed by atoms with van der Waals surface area (Å²) in [6.45, 7) is 0.496. The molecule has 3 N–H and O–H groups in total. The highest BCUT2D eigenvalue weighted by atomic mass is 32.2. The summed E-state index contributed by atoms with van der Waals surface area (Å²) in [6, 6.07) is 4.52. The molecule has 0 atom stereocenters. The molecule has 1 aliphatic carbocycles. The van der Waals surface area contributed by atoms with Gasteiger partial charge in [0.15, 0.2) is 0 Å². The summed E-state index contributed by atoms with van der Waals surface area (Å²) in [7, 11) is -2.08. The summed E-state index contributed by atoms with van der Waals surface area (Å²) >= 11 is 0. The highest BCUT2D eigenvalue weighted by Gasteiger charge is 2.25. The molecule has 0 bridgehead atoms. The smallest absolute Gasteiger partial charge is 0.244 e. The Balaban J connectivity index is 2.24. The second-order valence-electron chi connectivity index (χ2n) is 4.21. The van der Waals surface area contributed by atoms with Gasteiger partial charge in [-0.15, -0.1) is 0 Å². The number of anilines is 1. The Kier molecular flexibility index (Phi) is 3.26. The first-order chi connectivity index (χ1) is 8.03. The molecule has 94 valence electrons. The number of ether oxygens (including phenoxy) is 1. The van der Waals surface area contributed by atoms with E-state index in [1.54, 1.807) is 6.07 Å². The molecule has 1 aliphatic rings. The standard InChI is InChI=1S/C11H16N2O3S/c1-16-10-6-9(12)4-5-11(10)17(14,15)13-7-8-2-3-8/h4-6,8,13H,2-3,7,12H2,1H3. The molecular formula is C11H16N2O3S. The monoisotopic (exact) mass is 256 g/mol. The first kappa shape index (κ1) is 12.2. The predicted octanol–water partition coefficient (Wildman–Crippen LogP) is 0.966. The number of nitrogen functional groups attached to an aromatic ring is 1. The predicted molar refractivity (Wildman–Crippen MR) is 65.3 cm³/mol. The second kappa shape index (κ2) is 4.54. The largest absolute Gasteiger partial charge is 0.495 e. The number of nitrogens with two attached hydrogens (primary N) is 1. The van der Waals surface area contributed by atoms with Gasteiger partial charge in [-0.05, 0) is 30.9 Å². The van der Waals surface area contributed by atoms with E-state index in [0.717, 1.165) is 12.8 Å². The Hall–Kier alpha value is -1.27. The molecule has 0 radical (unpaired) electrons. The van der Waals surface area contributed by atoms with Crippen LogP contribution in [0.25, 0.3) is 0 Å². The molecule has 5 nitrogen and oxygen atoms in total. The van der Waals surface area contributed by atoms with Crippen LogP contribution in [0, 0.1) is 5.92 Å². The normalized spacial score (nSPS) is 15.8. The molecule has 0 aliphatic heterocycles. The van der Waals surface area contributed by atoms with Crippen molar-refractivity contribution in [3.8, 4) is 5.75 Å². The highest BCUT2D eigenvalue weighted by Crippen LogP contribution is 2.29. The van der Waals surface area contributed by atoms with E-state index in [1.807, 2.05) is 0 Å². The van der Waals surface area contributed by atoms with Gasteiger partial charge in [-0.2, -0.15) is 0 Å². The van der Waals surface area contributed by atoms with Crippen LogP contribution in [-0.4, -0.2) is 22.1 Å². The van der Waals surface area contributed by atoms with Gasteiger partial charge in [-0.25, -0.2) is 13.1 Å². The van der Waals surface area contributed by atoms with Gasteiger partial charge in [0.05, 0.1) is 7.11 Å². The lowest BCUT2D eigenvalue weighted by Gasteiger charge is -2.10. The molecule has 0 spiro atoms. The summed E-state index contributed by atoms with van der Waals surface area (Å²) in [5, 5.41) is 0. The van der Waals surface area contributed by atoms with Gasteiger partial charge in [0.25, 0.3) is 0 Å². The molecule has 0 aromatic heterocycles. The summed E-state index contributed by atoms with van der Waals surface area (Å²) in [6.07, 6.45) is 2.20. The van der Waals surface area contributed by atoms with E-state index in [-0.39, 0.29) is 10.6 Å². The number of methoxy groups -OCH3 is 1. The van der Waals surface area contributed by atoms with Crippen LogP contribution in [0.1, 0.15) is 12.8 Å².